The van der Waals surface area contributed by atoms with Gasteiger partial charge in [-0.2, -0.15) is 0 Å². The fourth-order valence-corrected chi connectivity index (χ4v) is 3.18. The Kier molecular flexibility index (Phi) is 5.01. The summed E-state index contributed by atoms with van der Waals surface area (Å²) in [5, 5.41) is 0. The van der Waals surface area contributed by atoms with Crippen molar-refractivity contribution in [3.8, 4) is 11.4 Å². The minimum Gasteiger partial charge on any atom is -0.459 e. The molecule has 1 aromatic carbocycles. The van der Waals surface area contributed by atoms with Gasteiger partial charge in [0.1, 0.15) is 27.3 Å². The third-order valence-electron chi connectivity index (χ3n) is 3.27. The number of nitrogens with zero attached hydrogens (tertiary/aromatic N) is 2. The number of esters is 1. The molecule has 0 saturated carbocycles. The summed E-state index contributed by atoms with van der Waals surface area (Å²) >= 11 is 2.96. The van der Waals surface area contributed by atoms with E-state index in [1.165, 1.54) is 0 Å². The molecule has 0 aliphatic rings. The first-order chi connectivity index (χ1) is 12.4. The van der Waals surface area contributed by atoms with E-state index in [9.17, 15) is 29.0 Å². The molecule has 0 aliphatic heterocycles. The molecule has 1 aromatic heterocycles. The van der Waals surface area contributed by atoms with Gasteiger partial charge in [-0.15, -0.1) is 0 Å². The highest BCUT2D eigenvalue weighted by atomic mass is 79.9. The maximum Gasteiger partial charge on any atom is 0.326 e. The number of benzene rings is 1. The largest absolute Gasteiger partial charge is 0.459 e. The molecule has 0 amide bonds. The average molecular weight is 491 g/mol. The van der Waals surface area contributed by atoms with E-state index in [4.69, 9.17) is 4.74 Å². The van der Waals surface area contributed by atoms with Gasteiger partial charge in [0.2, 0.25) is 0 Å². The Morgan fingerprint density at radius 1 is 1.14 bits per heavy atom. The summed E-state index contributed by atoms with van der Waals surface area (Å²) in [5.41, 5.74) is -1.57. The van der Waals surface area contributed by atoms with Gasteiger partial charge in [0.05, 0.1) is 0 Å². The molecule has 0 aliphatic carbocycles. The van der Waals surface area contributed by atoms with Crippen LogP contribution in [0.4, 0.5) is 19.4 Å². The van der Waals surface area contributed by atoms with Crippen molar-refractivity contribution in [2.45, 2.75) is 37.8 Å². The van der Waals surface area contributed by atoms with Gasteiger partial charge in [0.25, 0.3) is 5.56 Å². The number of ether oxygens (including phenoxy) is 1. The molecule has 2 rings (SSSR count). The van der Waals surface area contributed by atoms with Gasteiger partial charge in [-0.1, -0.05) is 19.4 Å². The van der Waals surface area contributed by atoms with Crippen LogP contribution in [0.5, 0.6) is 0 Å². The Hall–Kier alpha value is -1.95. The van der Waals surface area contributed by atoms with Crippen molar-refractivity contribution in [3.63, 3.8) is 0 Å². The van der Waals surface area contributed by atoms with Crippen LogP contribution in [0, 0.1) is 0 Å². The molecule has 0 radical (unpaired) electrons. The van der Waals surface area contributed by atoms with E-state index in [0.717, 1.165) is 22.9 Å². The first-order valence-electron chi connectivity index (χ1n) is 7.69. The Balaban J connectivity index is 2.51. The predicted molar refractivity (Wildman–Crippen MR) is 98.9 cm³/mol. The van der Waals surface area contributed by atoms with E-state index in [1.54, 1.807) is 20.8 Å². The quantitative estimate of drug-likeness (QED) is 0.409. The van der Waals surface area contributed by atoms with Gasteiger partial charge in [-0.25, -0.2) is 4.98 Å². The summed E-state index contributed by atoms with van der Waals surface area (Å²) in [4.78, 5) is 26.3. The third-order valence-corrected chi connectivity index (χ3v) is 4.98. The van der Waals surface area contributed by atoms with Crippen molar-refractivity contribution in [2.75, 3.05) is 0 Å². The minimum absolute atomic E-state index is 0.00318. The topological polar surface area (TPSA) is 61.2 Å². The summed E-state index contributed by atoms with van der Waals surface area (Å²) in [5.74, 6) is -0.952. The van der Waals surface area contributed by atoms with Crippen LogP contribution in [-0.2, 0) is 16.1 Å². The van der Waals surface area contributed by atoms with Crippen LogP contribution in [0.25, 0.3) is 11.4 Å². The van der Waals surface area contributed by atoms with Crippen molar-refractivity contribution in [3.05, 3.63) is 45.3 Å². The van der Waals surface area contributed by atoms with Crippen LogP contribution >= 0.6 is 26.2 Å². The molecule has 156 valence electrons. The molecule has 5 nitrogen and oxygen atoms in total. The third kappa shape index (κ3) is 5.53. The number of carbonyl (C=O) groups is 1. The highest BCUT2D eigenvalue weighted by molar-refractivity contribution is 9.10. The molecule has 0 N–H and O–H groups in total. The van der Waals surface area contributed by atoms with E-state index < -0.39 is 38.8 Å². The second-order valence-corrected chi connectivity index (χ2v) is 10.2. The van der Waals surface area contributed by atoms with Crippen molar-refractivity contribution >= 4 is 32.1 Å². The fourth-order valence-electron chi connectivity index (χ4n) is 2.21. The standard InChI is InChI=1S/C16H16BrF5N2O3S/c1-16(2,3)27-13(25)9-24-14(23-8-12(17)15(24)26)10-4-6-11(7-5-10)28(18,19,20,21)22/h4-8H,9H2,1-3H3. The van der Waals surface area contributed by atoms with Gasteiger partial charge in [-0.05, 0) is 61.0 Å². The first kappa shape index (κ1) is 22.3. The van der Waals surface area contributed by atoms with Gasteiger partial charge < -0.3 is 4.74 Å². The Morgan fingerprint density at radius 3 is 2.14 bits per heavy atom. The van der Waals surface area contributed by atoms with Crippen LogP contribution in [-0.4, -0.2) is 21.1 Å². The summed E-state index contributed by atoms with van der Waals surface area (Å²) in [6.07, 6.45) is 1.10. The maximum absolute atomic E-state index is 12.9. The van der Waals surface area contributed by atoms with Gasteiger partial charge in [0, 0.05) is 11.8 Å². The number of halogens is 6. The maximum atomic E-state index is 12.9. The molecule has 0 spiro atoms. The molecule has 0 saturated heterocycles. The van der Waals surface area contributed by atoms with Crippen LogP contribution in [0.3, 0.4) is 0 Å². The number of hydrogen-bond donors (Lipinski definition) is 0. The molecular weight excluding hydrogens is 475 g/mol. The van der Waals surface area contributed by atoms with Crippen LogP contribution in [0.1, 0.15) is 20.8 Å². The molecule has 0 unspecified atom stereocenters. The smallest absolute Gasteiger partial charge is 0.326 e. The number of rotatable bonds is 4. The Morgan fingerprint density at radius 2 is 1.68 bits per heavy atom. The van der Waals surface area contributed by atoms with Crippen LogP contribution in [0.2, 0.25) is 0 Å². The second-order valence-electron chi connectivity index (χ2n) is 6.90. The molecule has 1 heterocycles. The van der Waals surface area contributed by atoms with Crippen molar-refractivity contribution in [2.24, 2.45) is 0 Å². The van der Waals surface area contributed by atoms with Crippen LogP contribution < -0.4 is 5.56 Å². The number of carbonyl (C=O) groups excluding carboxylic acids is 1. The van der Waals surface area contributed by atoms with Crippen molar-refractivity contribution in [1.82, 2.24) is 9.55 Å². The van der Waals surface area contributed by atoms with Crippen LogP contribution in [0.15, 0.2) is 44.6 Å². The predicted octanol–water partition coefficient (Wildman–Crippen LogP) is 5.67. The van der Waals surface area contributed by atoms with E-state index in [1.807, 2.05) is 0 Å². The zero-order chi connectivity index (χ0) is 21.6. The second kappa shape index (κ2) is 6.28. The first-order valence-corrected chi connectivity index (χ1v) is 10.4. The zero-order valence-electron chi connectivity index (χ0n) is 14.9. The zero-order valence-corrected chi connectivity index (χ0v) is 17.3. The summed E-state index contributed by atoms with van der Waals surface area (Å²) < 4.78 is 70.4. The van der Waals surface area contributed by atoms with E-state index in [2.05, 4.69) is 20.9 Å². The van der Waals surface area contributed by atoms with Gasteiger partial charge in [-0.3, -0.25) is 14.2 Å². The van der Waals surface area contributed by atoms with Crippen molar-refractivity contribution in [1.29, 1.82) is 0 Å². The molecule has 28 heavy (non-hydrogen) atoms. The SMILES string of the molecule is CC(C)(C)OC(=O)Cn1c(-c2ccc(S(F)(F)(F)(F)F)cc2)ncc(Br)c1=O. The summed E-state index contributed by atoms with van der Waals surface area (Å²) in [7, 11) is -9.83. The van der Waals surface area contributed by atoms with E-state index in [-0.39, 0.29) is 28.0 Å². The van der Waals surface area contributed by atoms with E-state index in [0.29, 0.717) is 0 Å². The highest BCUT2D eigenvalue weighted by Crippen LogP contribution is 3.02. The van der Waals surface area contributed by atoms with Gasteiger partial charge >= 0.3 is 16.2 Å². The van der Waals surface area contributed by atoms with E-state index >= 15 is 0 Å². The number of aromatic nitrogens is 2. The molecule has 0 bridgehead atoms. The molecular formula is C16H16BrF5N2O3S. The fraction of sp³-hybridized carbons (Fsp3) is 0.312. The Bertz CT molecular complexity index is 984. The monoisotopic (exact) mass is 490 g/mol. The average Bonchev–Trinajstić information content (AvgIpc) is 2.48. The summed E-state index contributed by atoms with van der Waals surface area (Å²) in [6.45, 7) is 4.28. The van der Waals surface area contributed by atoms with Gasteiger partial charge in [0.15, 0.2) is 0 Å². The Labute approximate surface area is 165 Å². The lowest BCUT2D eigenvalue weighted by Gasteiger charge is -2.40. The normalized spacial score (nSPS) is 14.9. The molecule has 2 aromatic rings. The lowest BCUT2D eigenvalue weighted by atomic mass is 10.2. The lowest BCUT2D eigenvalue weighted by molar-refractivity contribution is -0.155. The van der Waals surface area contributed by atoms with Crippen molar-refractivity contribution < 1.29 is 29.0 Å². The highest BCUT2D eigenvalue weighted by Gasteiger charge is 2.65. The molecule has 12 heteroatoms. The minimum atomic E-state index is -9.83. The number of hydrogen-bond acceptors (Lipinski definition) is 4. The summed E-state index contributed by atoms with van der Waals surface area (Å²) in [6, 6.07) is 1.94. The molecule has 0 fully saturated rings. The molecule has 0 atom stereocenters. The lowest BCUT2D eigenvalue weighted by Crippen LogP contribution is -2.32.